The van der Waals surface area contributed by atoms with E-state index in [0.29, 0.717) is 37.7 Å². The van der Waals surface area contributed by atoms with Crippen molar-refractivity contribution >= 4 is 11.8 Å². The van der Waals surface area contributed by atoms with Crippen LogP contribution in [0.3, 0.4) is 0 Å². The van der Waals surface area contributed by atoms with Gasteiger partial charge in [-0.25, -0.2) is 4.68 Å². The Balaban J connectivity index is 1.60. The van der Waals surface area contributed by atoms with Crippen molar-refractivity contribution in [2.24, 2.45) is 5.92 Å². The number of likely N-dealkylation sites (tertiary alicyclic amines) is 2. The molecule has 2 aliphatic rings. The summed E-state index contributed by atoms with van der Waals surface area (Å²) in [4.78, 5) is 29.4. The third-order valence-corrected chi connectivity index (χ3v) is 5.67. The van der Waals surface area contributed by atoms with Gasteiger partial charge in [0.2, 0.25) is 5.91 Å². The molecular weight excluding hydrogens is 346 g/mol. The fourth-order valence-corrected chi connectivity index (χ4v) is 4.20. The van der Waals surface area contributed by atoms with E-state index >= 15 is 0 Å². The molecule has 2 amide bonds. The number of aromatic nitrogens is 3. The lowest BCUT2D eigenvalue weighted by Crippen LogP contribution is -2.56. The minimum Gasteiger partial charge on any atom is -0.385 e. The molecule has 0 radical (unpaired) electrons. The Morgan fingerprint density at radius 2 is 2.11 bits per heavy atom. The van der Waals surface area contributed by atoms with Crippen molar-refractivity contribution in [2.45, 2.75) is 58.0 Å². The average molecular weight is 377 g/mol. The largest absolute Gasteiger partial charge is 0.385 e. The number of hydrogen-bond donors (Lipinski definition) is 0. The number of fused-ring (bicyclic) bond motifs is 1. The molecule has 1 aromatic heterocycles. The van der Waals surface area contributed by atoms with E-state index < -0.39 is 0 Å². The summed E-state index contributed by atoms with van der Waals surface area (Å²) < 4.78 is 6.77. The van der Waals surface area contributed by atoms with Crippen molar-refractivity contribution in [2.75, 3.05) is 33.4 Å². The van der Waals surface area contributed by atoms with Gasteiger partial charge in [-0.05, 0) is 45.4 Å². The minimum absolute atomic E-state index is 0.0519. The molecule has 2 saturated heterocycles. The van der Waals surface area contributed by atoms with Crippen molar-refractivity contribution < 1.29 is 14.3 Å². The lowest BCUT2D eigenvalue weighted by molar-refractivity contribution is -0.138. The van der Waals surface area contributed by atoms with Crippen LogP contribution in [0.4, 0.5) is 0 Å². The lowest BCUT2D eigenvalue weighted by atomic mass is 9.83. The molecule has 0 spiro atoms. The maximum atomic E-state index is 12.8. The second-order valence-corrected chi connectivity index (χ2v) is 7.87. The molecule has 1 aromatic rings. The van der Waals surface area contributed by atoms with Crippen molar-refractivity contribution in [3.63, 3.8) is 0 Å². The maximum absolute atomic E-state index is 12.8. The van der Waals surface area contributed by atoms with Crippen LogP contribution in [0, 0.1) is 5.92 Å². The van der Waals surface area contributed by atoms with Crippen molar-refractivity contribution in [3.05, 3.63) is 11.9 Å². The Labute approximate surface area is 160 Å². The molecule has 0 bridgehead atoms. The van der Waals surface area contributed by atoms with Gasteiger partial charge in [-0.15, -0.1) is 5.10 Å². The van der Waals surface area contributed by atoms with E-state index in [1.165, 1.54) is 0 Å². The van der Waals surface area contributed by atoms with E-state index in [2.05, 4.69) is 15.2 Å². The fourth-order valence-electron chi connectivity index (χ4n) is 4.20. The second-order valence-electron chi connectivity index (χ2n) is 7.87. The summed E-state index contributed by atoms with van der Waals surface area (Å²) in [7, 11) is 1.66. The van der Waals surface area contributed by atoms with E-state index in [0.717, 1.165) is 32.2 Å². The summed E-state index contributed by atoms with van der Waals surface area (Å²) in [5.74, 6) is 0.522. The molecule has 0 N–H and O–H groups in total. The first-order valence-corrected chi connectivity index (χ1v) is 10.0. The summed E-state index contributed by atoms with van der Waals surface area (Å²) in [5.41, 5.74) is 0.408. The normalized spacial score (nSPS) is 22.8. The van der Waals surface area contributed by atoms with Gasteiger partial charge in [0.05, 0.1) is 6.20 Å². The highest BCUT2D eigenvalue weighted by Crippen LogP contribution is 2.31. The van der Waals surface area contributed by atoms with Crippen molar-refractivity contribution in [1.82, 2.24) is 24.8 Å². The fraction of sp³-hybridized carbons (Fsp3) is 0.789. The number of carbonyl (C=O) groups excluding carboxylic acids is 2. The molecule has 2 fully saturated rings. The van der Waals surface area contributed by atoms with E-state index in [4.69, 9.17) is 4.74 Å². The Kier molecular flexibility index (Phi) is 6.46. The molecule has 0 aliphatic carbocycles. The molecule has 2 atom stereocenters. The van der Waals surface area contributed by atoms with Gasteiger partial charge in [0.1, 0.15) is 0 Å². The standard InChI is InChI=1S/C19H31N5O3/c1-14(2)24-13-16(20-21-24)19(26)22-10-8-17-15(12-22)6-4-9-23(17)18(25)7-5-11-27-3/h13-15,17H,4-12H2,1-3H3. The van der Waals surface area contributed by atoms with Crippen LogP contribution >= 0.6 is 0 Å². The zero-order chi connectivity index (χ0) is 19.4. The van der Waals surface area contributed by atoms with Gasteiger partial charge in [0.25, 0.3) is 5.91 Å². The first-order chi connectivity index (χ1) is 13.0. The molecule has 2 aliphatic heterocycles. The Hall–Kier alpha value is -1.96. The van der Waals surface area contributed by atoms with Crippen LogP contribution in [0.2, 0.25) is 0 Å². The molecule has 8 heteroatoms. The van der Waals surface area contributed by atoms with Crippen LogP contribution in [-0.4, -0.2) is 76.0 Å². The first-order valence-electron chi connectivity index (χ1n) is 10.0. The molecule has 2 unspecified atom stereocenters. The smallest absolute Gasteiger partial charge is 0.276 e. The van der Waals surface area contributed by atoms with E-state index in [1.807, 2.05) is 18.7 Å². The number of ether oxygens (including phenoxy) is 1. The quantitative estimate of drug-likeness (QED) is 0.706. The van der Waals surface area contributed by atoms with Gasteiger partial charge in [0.15, 0.2) is 5.69 Å². The van der Waals surface area contributed by atoms with Gasteiger partial charge in [-0.2, -0.15) is 0 Å². The average Bonchev–Trinajstić information content (AvgIpc) is 3.17. The molecule has 3 rings (SSSR count). The van der Waals surface area contributed by atoms with Crippen LogP contribution in [0.5, 0.6) is 0 Å². The molecule has 0 aromatic carbocycles. The zero-order valence-electron chi connectivity index (χ0n) is 16.6. The number of piperidine rings is 2. The van der Waals surface area contributed by atoms with E-state index in [1.54, 1.807) is 18.0 Å². The summed E-state index contributed by atoms with van der Waals surface area (Å²) in [6.45, 7) is 6.83. The van der Waals surface area contributed by atoms with Crippen molar-refractivity contribution in [1.29, 1.82) is 0 Å². The van der Waals surface area contributed by atoms with Gasteiger partial charge in [0, 0.05) is 51.9 Å². The third-order valence-electron chi connectivity index (χ3n) is 5.67. The molecule has 0 saturated carbocycles. The number of hydrogen-bond acceptors (Lipinski definition) is 5. The SMILES string of the molecule is COCCCC(=O)N1CCCC2CN(C(=O)c3cn(C(C)C)nn3)CCC21. The predicted octanol–water partition coefficient (Wildman–Crippen LogP) is 1.74. The molecule has 8 nitrogen and oxygen atoms in total. The minimum atomic E-state index is -0.0519. The van der Waals surface area contributed by atoms with Crippen LogP contribution in [0.25, 0.3) is 0 Å². The molecule has 150 valence electrons. The Morgan fingerprint density at radius 1 is 1.30 bits per heavy atom. The summed E-state index contributed by atoms with van der Waals surface area (Å²) in [5, 5.41) is 8.09. The number of nitrogens with zero attached hydrogens (tertiary/aromatic N) is 5. The maximum Gasteiger partial charge on any atom is 0.276 e. The second kappa shape index (κ2) is 8.82. The van der Waals surface area contributed by atoms with Crippen LogP contribution in [-0.2, 0) is 9.53 Å². The summed E-state index contributed by atoms with van der Waals surface area (Å²) in [6.07, 6.45) is 5.94. The number of methoxy groups -OCH3 is 1. The molecule has 3 heterocycles. The summed E-state index contributed by atoms with van der Waals surface area (Å²) in [6, 6.07) is 0.435. The Bertz CT molecular complexity index is 660. The van der Waals surface area contributed by atoms with E-state index in [9.17, 15) is 9.59 Å². The predicted molar refractivity (Wildman–Crippen MR) is 100 cm³/mol. The zero-order valence-corrected chi connectivity index (χ0v) is 16.6. The highest BCUT2D eigenvalue weighted by atomic mass is 16.5. The number of carbonyl (C=O) groups is 2. The van der Waals surface area contributed by atoms with E-state index in [-0.39, 0.29) is 23.9 Å². The lowest BCUT2D eigenvalue weighted by Gasteiger charge is -2.47. The highest BCUT2D eigenvalue weighted by Gasteiger charge is 2.39. The highest BCUT2D eigenvalue weighted by molar-refractivity contribution is 5.92. The van der Waals surface area contributed by atoms with Gasteiger partial charge in [-0.1, -0.05) is 5.21 Å². The van der Waals surface area contributed by atoms with Gasteiger partial charge >= 0.3 is 0 Å². The van der Waals surface area contributed by atoms with Gasteiger partial charge < -0.3 is 14.5 Å². The third kappa shape index (κ3) is 4.48. The monoisotopic (exact) mass is 377 g/mol. The molecular formula is C19H31N5O3. The first kappa shape index (κ1) is 19.8. The number of rotatable bonds is 6. The van der Waals surface area contributed by atoms with Crippen LogP contribution < -0.4 is 0 Å². The van der Waals surface area contributed by atoms with Crippen LogP contribution in [0.1, 0.15) is 62.5 Å². The van der Waals surface area contributed by atoms with Crippen LogP contribution in [0.15, 0.2) is 6.20 Å². The van der Waals surface area contributed by atoms with Crippen molar-refractivity contribution in [3.8, 4) is 0 Å². The molecule has 27 heavy (non-hydrogen) atoms. The van der Waals surface area contributed by atoms with Gasteiger partial charge in [-0.3, -0.25) is 9.59 Å². The topological polar surface area (TPSA) is 80.6 Å². The summed E-state index contributed by atoms with van der Waals surface area (Å²) >= 11 is 0. The number of amides is 2. The Morgan fingerprint density at radius 3 is 2.81 bits per heavy atom.